The fourth-order valence-corrected chi connectivity index (χ4v) is 7.41. The molecule has 1 saturated heterocycles. The van der Waals surface area contributed by atoms with Crippen LogP contribution in [-0.4, -0.2) is 30.8 Å². The Hall–Kier alpha value is -1.67. The van der Waals surface area contributed by atoms with Crippen LogP contribution in [0.25, 0.3) is 0 Å². The minimum absolute atomic E-state index is 0.273. The number of ether oxygens (including phenoxy) is 2. The van der Waals surface area contributed by atoms with Crippen LogP contribution < -0.4 is 15.8 Å². The highest BCUT2D eigenvalue weighted by Gasteiger charge is 2.67. The second-order valence-corrected chi connectivity index (χ2v) is 10.7. The van der Waals surface area contributed by atoms with Crippen LogP contribution in [0, 0.1) is 23.7 Å². The Kier molecular flexibility index (Phi) is 5.21. The van der Waals surface area contributed by atoms with Gasteiger partial charge in [-0.05, 0) is 80.4 Å². The lowest BCUT2D eigenvalue weighted by Gasteiger charge is -2.57. The second kappa shape index (κ2) is 7.97. The molecule has 7 heteroatoms. The number of benzene rings is 1. The van der Waals surface area contributed by atoms with Crippen molar-refractivity contribution in [2.45, 2.75) is 75.3 Å². The van der Waals surface area contributed by atoms with E-state index in [1.165, 1.54) is 32.1 Å². The molecule has 0 unspecified atom stereocenters. The van der Waals surface area contributed by atoms with Gasteiger partial charge in [-0.2, -0.15) is 9.78 Å². The van der Waals surface area contributed by atoms with Crippen LogP contribution >= 0.6 is 0 Å². The van der Waals surface area contributed by atoms with Crippen molar-refractivity contribution >= 4 is 6.09 Å². The molecule has 6 fully saturated rings. The number of carbonyl (C=O) groups excluding carboxylic acids is 1. The summed E-state index contributed by atoms with van der Waals surface area (Å²) in [7, 11) is 0. The molecule has 1 aliphatic heterocycles. The molecule has 32 heavy (non-hydrogen) atoms. The molecule has 6 aliphatic rings. The molecule has 4 bridgehead atoms. The summed E-state index contributed by atoms with van der Waals surface area (Å²) in [6.07, 6.45) is 9.53. The number of hydrogen-bond acceptors (Lipinski definition) is 6. The van der Waals surface area contributed by atoms with Crippen molar-refractivity contribution in [2.75, 3.05) is 13.1 Å². The maximum absolute atomic E-state index is 11.9. The topological polar surface area (TPSA) is 92.0 Å². The first-order chi connectivity index (χ1) is 15.6. The van der Waals surface area contributed by atoms with Crippen molar-refractivity contribution in [2.24, 2.45) is 29.4 Å². The van der Waals surface area contributed by atoms with Crippen molar-refractivity contribution in [1.29, 1.82) is 0 Å². The molecule has 7 rings (SSSR count). The third-order valence-electron chi connectivity index (χ3n) is 8.57. The normalized spacial score (nSPS) is 42.0. The summed E-state index contributed by atoms with van der Waals surface area (Å²) < 4.78 is 12.3. The van der Waals surface area contributed by atoms with Gasteiger partial charge in [0.1, 0.15) is 5.75 Å². The molecule has 1 heterocycles. The third kappa shape index (κ3) is 3.54. The van der Waals surface area contributed by atoms with Crippen LogP contribution in [0.2, 0.25) is 0 Å². The summed E-state index contributed by atoms with van der Waals surface area (Å²) in [4.78, 5) is 24.2. The number of rotatable bonds is 4. The predicted molar refractivity (Wildman–Crippen MR) is 116 cm³/mol. The molecule has 2 atom stereocenters. The Bertz CT molecular complexity index is 848. The molecule has 1 aromatic carbocycles. The molecular weight excluding hydrogens is 408 g/mol. The van der Waals surface area contributed by atoms with Gasteiger partial charge in [-0.1, -0.05) is 12.1 Å². The second-order valence-electron chi connectivity index (χ2n) is 10.7. The molecule has 3 N–H and O–H groups in total. The number of hydrogen-bond donors (Lipinski definition) is 2. The summed E-state index contributed by atoms with van der Waals surface area (Å²) in [5, 5.41) is 2.64. The van der Waals surface area contributed by atoms with E-state index in [-0.39, 0.29) is 5.92 Å². The van der Waals surface area contributed by atoms with Gasteiger partial charge in [-0.3, -0.25) is 0 Å². The summed E-state index contributed by atoms with van der Waals surface area (Å²) in [6, 6.07) is 7.80. The lowest BCUT2D eigenvalue weighted by Crippen LogP contribution is -2.59. The molecule has 7 nitrogen and oxygen atoms in total. The van der Waals surface area contributed by atoms with Crippen molar-refractivity contribution in [3.8, 4) is 5.75 Å². The molecule has 2 spiro atoms. The maximum atomic E-state index is 11.9. The highest BCUT2D eigenvalue weighted by atomic mass is 17.3. The highest BCUT2D eigenvalue weighted by molar-refractivity contribution is 5.70. The van der Waals surface area contributed by atoms with Gasteiger partial charge in [0, 0.05) is 37.8 Å². The van der Waals surface area contributed by atoms with Crippen molar-refractivity contribution < 1.29 is 24.0 Å². The molecular formula is C25H34N2O5. The summed E-state index contributed by atoms with van der Waals surface area (Å²) in [5.74, 6) is 2.29. The van der Waals surface area contributed by atoms with E-state index in [2.05, 4.69) is 11.4 Å². The van der Waals surface area contributed by atoms with Crippen LogP contribution in [0.3, 0.4) is 0 Å². The van der Waals surface area contributed by atoms with Crippen molar-refractivity contribution in [3.63, 3.8) is 0 Å². The molecule has 174 valence electrons. The van der Waals surface area contributed by atoms with Gasteiger partial charge in [0.15, 0.2) is 0 Å². The van der Waals surface area contributed by atoms with E-state index in [4.69, 9.17) is 25.0 Å². The average Bonchev–Trinajstić information content (AvgIpc) is 3.15. The first-order valence-corrected chi connectivity index (χ1v) is 12.4. The van der Waals surface area contributed by atoms with Crippen LogP contribution in [0.5, 0.6) is 5.75 Å². The smallest absolute Gasteiger partial charge is 0.410 e. The van der Waals surface area contributed by atoms with Gasteiger partial charge >= 0.3 is 6.09 Å². The first kappa shape index (κ1) is 20.9. The average molecular weight is 443 g/mol. The SMILES string of the molecule is NCCNC(=O)Oc1cccc([C@@H]2CCC[C@]3(C2)OOC2(O3)C3CC4CC(C3)CC2C4)c1. The molecule has 0 aromatic heterocycles. The Morgan fingerprint density at radius 1 is 1.12 bits per heavy atom. The van der Waals surface area contributed by atoms with Gasteiger partial charge in [0.2, 0.25) is 11.6 Å². The molecule has 5 saturated carbocycles. The van der Waals surface area contributed by atoms with Gasteiger partial charge in [-0.15, -0.1) is 0 Å². The van der Waals surface area contributed by atoms with E-state index >= 15 is 0 Å². The fourth-order valence-electron chi connectivity index (χ4n) is 7.41. The lowest BCUT2D eigenvalue weighted by molar-refractivity contribution is -0.390. The molecule has 0 radical (unpaired) electrons. The van der Waals surface area contributed by atoms with E-state index in [1.807, 2.05) is 12.1 Å². The maximum Gasteiger partial charge on any atom is 0.412 e. The van der Waals surface area contributed by atoms with E-state index in [0.29, 0.717) is 30.7 Å². The fraction of sp³-hybridized carbons (Fsp3) is 0.720. The van der Waals surface area contributed by atoms with E-state index in [9.17, 15) is 4.79 Å². The standard InChI is InChI=1S/C25H34N2O5/c26-7-8-27-23(28)29-22-5-1-3-18(14-22)19-4-2-6-24(15-19)30-25(32-31-24)20-10-16-9-17(12-20)13-21(25)11-16/h1,3,5,14,16-17,19-21H,2,4,6-13,15,26H2,(H,27,28)/t16?,17?,19-,20?,21?,24-,25?/m1/s1. The number of nitrogens with two attached hydrogens (primary N) is 1. The Morgan fingerprint density at radius 3 is 2.66 bits per heavy atom. The number of nitrogens with one attached hydrogen (secondary N) is 1. The zero-order chi connectivity index (χ0) is 21.8. The quantitative estimate of drug-likeness (QED) is 0.679. The van der Waals surface area contributed by atoms with E-state index in [0.717, 1.165) is 43.1 Å². The Morgan fingerprint density at radius 2 is 1.91 bits per heavy atom. The Balaban J connectivity index is 1.16. The van der Waals surface area contributed by atoms with Crippen LogP contribution in [0.4, 0.5) is 4.79 Å². The summed E-state index contributed by atoms with van der Waals surface area (Å²) in [6.45, 7) is 0.773. The highest BCUT2D eigenvalue weighted by Crippen LogP contribution is 2.64. The summed E-state index contributed by atoms with van der Waals surface area (Å²) in [5.41, 5.74) is 6.58. The minimum Gasteiger partial charge on any atom is -0.410 e. The zero-order valence-electron chi connectivity index (χ0n) is 18.6. The van der Waals surface area contributed by atoms with Crippen LogP contribution in [-0.2, 0) is 14.5 Å². The van der Waals surface area contributed by atoms with Gasteiger partial charge < -0.3 is 20.5 Å². The van der Waals surface area contributed by atoms with Crippen LogP contribution in [0.1, 0.15) is 69.3 Å². The predicted octanol–water partition coefficient (Wildman–Crippen LogP) is 4.22. The minimum atomic E-state index is -0.659. The van der Waals surface area contributed by atoms with Gasteiger partial charge in [0.05, 0.1) is 0 Å². The Labute approximate surface area is 189 Å². The summed E-state index contributed by atoms with van der Waals surface area (Å²) >= 11 is 0. The largest absolute Gasteiger partial charge is 0.412 e. The number of carbonyl (C=O) groups is 1. The molecule has 1 aromatic rings. The van der Waals surface area contributed by atoms with Gasteiger partial charge in [-0.25, -0.2) is 4.79 Å². The number of amides is 1. The monoisotopic (exact) mass is 442 g/mol. The zero-order valence-corrected chi connectivity index (χ0v) is 18.6. The van der Waals surface area contributed by atoms with E-state index in [1.54, 1.807) is 6.07 Å². The first-order valence-electron chi connectivity index (χ1n) is 12.4. The van der Waals surface area contributed by atoms with Crippen molar-refractivity contribution in [3.05, 3.63) is 29.8 Å². The van der Waals surface area contributed by atoms with E-state index < -0.39 is 17.7 Å². The third-order valence-corrected chi connectivity index (χ3v) is 8.57. The molecule has 5 aliphatic carbocycles. The van der Waals surface area contributed by atoms with Crippen LogP contribution in [0.15, 0.2) is 24.3 Å². The molecule has 1 amide bonds. The van der Waals surface area contributed by atoms with Gasteiger partial charge in [0.25, 0.3) is 0 Å². The van der Waals surface area contributed by atoms with Crippen molar-refractivity contribution in [1.82, 2.24) is 5.32 Å². The lowest BCUT2D eigenvalue weighted by atomic mass is 9.53.